The van der Waals surface area contributed by atoms with E-state index in [1.54, 1.807) is 24.1 Å². The number of nitrogens with zero attached hydrogens (tertiary/aromatic N) is 2. The molecular weight excluding hydrogens is 457 g/mol. The summed E-state index contributed by atoms with van der Waals surface area (Å²) in [5.74, 6) is 0.0158. The number of esters is 1. The number of carbonyl (C=O) groups excluding carboxylic acids is 1. The van der Waals surface area contributed by atoms with Gasteiger partial charge in [0.1, 0.15) is 12.4 Å². The van der Waals surface area contributed by atoms with Crippen molar-refractivity contribution in [3.8, 4) is 22.7 Å². The molecule has 0 amide bonds. The van der Waals surface area contributed by atoms with Gasteiger partial charge in [-0.15, -0.1) is 0 Å². The van der Waals surface area contributed by atoms with Crippen molar-refractivity contribution in [1.29, 1.82) is 0 Å². The Balaban J connectivity index is 1.54. The lowest BCUT2D eigenvalue weighted by molar-refractivity contribution is -0.138. The molecule has 0 aliphatic carbocycles. The first-order valence-electron chi connectivity index (χ1n) is 10.6. The molecule has 0 aliphatic rings. The average molecular weight is 478 g/mol. The molecule has 0 atom stereocenters. The van der Waals surface area contributed by atoms with Crippen LogP contribution in [0.3, 0.4) is 0 Å². The third kappa shape index (κ3) is 5.97. The van der Waals surface area contributed by atoms with Gasteiger partial charge in [0.15, 0.2) is 0 Å². The zero-order valence-corrected chi connectivity index (χ0v) is 18.7. The van der Waals surface area contributed by atoms with E-state index in [1.807, 2.05) is 54.6 Å². The lowest BCUT2D eigenvalue weighted by Crippen LogP contribution is -2.06. The Morgan fingerprint density at radius 2 is 1.74 bits per heavy atom. The number of para-hydroxylation sites is 1. The minimum absolute atomic E-state index is 0.248. The number of rotatable bonds is 7. The van der Waals surface area contributed by atoms with Gasteiger partial charge in [-0.25, -0.2) is 9.48 Å². The summed E-state index contributed by atoms with van der Waals surface area (Å²) in [7, 11) is 1.58. The summed E-state index contributed by atoms with van der Waals surface area (Å²) in [5.41, 5.74) is 2.41. The predicted molar refractivity (Wildman–Crippen MR) is 126 cm³/mol. The number of aromatic nitrogens is 2. The van der Waals surface area contributed by atoms with Crippen molar-refractivity contribution in [3.63, 3.8) is 0 Å². The largest absolute Gasteiger partial charge is 0.497 e. The van der Waals surface area contributed by atoms with Crippen LogP contribution in [0.25, 0.3) is 23.0 Å². The van der Waals surface area contributed by atoms with Crippen LogP contribution in [0.5, 0.6) is 5.75 Å². The monoisotopic (exact) mass is 478 g/mol. The van der Waals surface area contributed by atoms with E-state index >= 15 is 0 Å². The van der Waals surface area contributed by atoms with Crippen LogP contribution in [0.4, 0.5) is 13.2 Å². The van der Waals surface area contributed by atoms with E-state index in [0.717, 1.165) is 23.4 Å². The second-order valence-corrected chi connectivity index (χ2v) is 7.58. The molecule has 4 aromatic rings. The van der Waals surface area contributed by atoms with E-state index in [9.17, 15) is 18.0 Å². The van der Waals surface area contributed by atoms with Crippen LogP contribution in [0.15, 0.2) is 91.1 Å². The average Bonchev–Trinajstić information content (AvgIpc) is 3.31. The van der Waals surface area contributed by atoms with Gasteiger partial charge < -0.3 is 9.47 Å². The molecular formula is C27H21F3N2O3. The molecule has 35 heavy (non-hydrogen) atoms. The fraction of sp³-hybridized carbons (Fsp3) is 0.111. The third-order valence-electron chi connectivity index (χ3n) is 5.16. The minimum Gasteiger partial charge on any atom is -0.497 e. The highest BCUT2D eigenvalue weighted by Crippen LogP contribution is 2.30. The molecule has 0 aliphatic heterocycles. The van der Waals surface area contributed by atoms with Crippen molar-refractivity contribution in [2.75, 3.05) is 7.11 Å². The fourth-order valence-corrected chi connectivity index (χ4v) is 3.39. The third-order valence-corrected chi connectivity index (χ3v) is 5.16. The Morgan fingerprint density at radius 1 is 1.00 bits per heavy atom. The second-order valence-electron chi connectivity index (χ2n) is 7.58. The first-order valence-corrected chi connectivity index (χ1v) is 10.6. The van der Waals surface area contributed by atoms with Crippen molar-refractivity contribution < 1.29 is 27.4 Å². The molecule has 4 rings (SSSR count). The van der Waals surface area contributed by atoms with E-state index in [4.69, 9.17) is 9.47 Å². The molecule has 0 radical (unpaired) electrons. The molecule has 5 nitrogen and oxygen atoms in total. The van der Waals surface area contributed by atoms with E-state index in [0.29, 0.717) is 17.0 Å². The summed E-state index contributed by atoms with van der Waals surface area (Å²) in [6.07, 6.45) is 0.121. The number of hydrogen-bond donors (Lipinski definition) is 0. The normalized spacial score (nSPS) is 11.5. The summed E-state index contributed by atoms with van der Waals surface area (Å²) in [4.78, 5) is 12.3. The van der Waals surface area contributed by atoms with Crippen LogP contribution in [0.1, 0.15) is 16.7 Å². The Kier molecular flexibility index (Phi) is 7.01. The molecule has 0 saturated heterocycles. The number of ether oxygens (including phenoxy) is 2. The van der Waals surface area contributed by atoms with E-state index in [-0.39, 0.29) is 12.2 Å². The Hall–Kier alpha value is -4.33. The molecule has 178 valence electrons. The zero-order valence-electron chi connectivity index (χ0n) is 18.7. The minimum atomic E-state index is -4.46. The summed E-state index contributed by atoms with van der Waals surface area (Å²) < 4.78 is 50.7. The molecule has 0 N–H and O–H groups in total. The van der Waals surface area contributed by atoms with Crippen molar-refractivity contribution in [3.05, 3.63) is 108 Å². The van der Waals surface area contributed by atoms with Crippen LogP contribution >= 0.6 is 0 Å². The van der Waals surface area contributed by atoms with Gasteiger partial charge in [-0.05, 0) is 60.2 Å². The van der Waals surface area contributed by atoms with E-state index < -0.39 is 17.7 Å². The summed E-state index contributed by atoms with van der Waals surface area (Å²) in [5, 5.41) is 4.68. The summed E-state index contributed by atoms with van der Waals surface area (Å²) in [6.45, 7) is -0.276. The van der Waals surface area contributed by atoms with Crippen molar-refractivity contribution in [2.45, 2.75) is 12.8 Å². The van der Waals surface area contributed by atoms with Crippen LogP contribution < -0.4 is 4.74 Å². The van der Waals surface area contributed by atoms with Crippen LogP contribution in [0.2, 0.25) is 0 Å². The van der Waals surface area contributed by atoms with Crippen LogP contribution in [-0.2, 0) is 22.3 Å². The van der Waals surface area contributed by atoms with Gasteiger partial charge in [-0.1, -0.05) is 30.3 Å². The van der Waals surface area contributed by atoms with Gasteiger partial charge in [0.2, 0.25) is 0 Å². The van der Waals surface area contributed by atoms with Crippen molar-refractivity contribution >= 4 is 12.0 Å². The number of carbonyl (C=O) groups is 1. The molecule has 8 heteroatoms. The highest BCUT2D eigenvalue weighted by atomic mass is 19.4. The quantitative estimate of drug-likeness (QED) is 0.230. The van der Waals surface area contributed by atoms with Gasteiger partial charge in [-0.2, -0.15) is 18.3 Å². The highest BCUT2D eigenvalue weighted by molar-refractivity contribution is 5.88. The van der Waals surface area contributed by atoms with E-state index in [2.05, 4.69) is 5.10 Å². The number of benzene rings is 3. The molecule has 1 aromatic heterocycles. The van der Waals surface area contributed by atoms with Gasteiger partial charge in [0.05, 0.1) is 24.1 Å². The lowest BCUT2D eigenvalue weighted by Gasteiger charge is -2.08. The zero-order chi connectivity index (χ0) is 24.8. The molecule has 0 fully saturated rings. The number of hydrogen-bond acceptors (Lipinski definition) is 4. The summed E-state index contributed by atoms with van der Waals surface area (Å²) >= 11 is 0. The number of methoxy groups -OCH3 is 1. The highest BCUT2D eigenvalue weighted by Gasteiger charge is 2.30. The Labute approximate surface area is 200 Å². The summed E-state index contributed by atoms with van der Waals surface area (Å²) in [6, 6.07) is 21.5. The number of halogens is 3. The smallest absolute Gasteiger partial charge is 0.416 e. The molecule has 3 aromatic carbocycles. The van der Waals surface area contributed by atoms with E-state index in [1.165, 1.54) is 18.2 Å². The van der Waals surface area contributed by atoms with Crippen molar-refractivity contribution in [2.24, 2.45) is 0 Å². The first kappa shape index (κ1) is 23.8. The number of alkyl halides is 3. The van der Waals surface area contributed by atoms with Crippen LogP contribution in [-0.4, -0.2) is 22.9 Å². The molecule has 1 heterocycles. The van der Waals surface area contributed by atoms with Crippen LogP contribution in [0, 0.1) is 0 Å². The van der Waals surface area contributed by atoms with Crippen molar-refractivity contribution in [1.82, 2.24) is 9.78 Å². The molecule has 0 spiro atoms. The fourth-order valence-electron chi connectivity index (χ4n) is 3.39. The van der Waals surface area contributed by atoms with Gasteiger partial charge in [-0.3, -0.25) is 0 Å². The maximum absolute atomic E-state index is 12.9. The second kappa shape index (κ2) is 10.3. The maximum atomic E-state index is 12.9. The Bertz CT molecular complexity index is 1330. The molecule has 0 bridgehead atoms. The maximum Gasteiger partial charge on any atom is 0.416 e. The predicted octanol–water partition coefficient (Wildman–Crippen LogP) is 6.32. The Morgan fingerprint density at radius 3 is 2.43 bits per heavy atom. The standard InChI is InChI=1S/C27H21F3N2O3/c1-34-24-13-10-20(11-14-24)26-21(17-32(31-26)23-8-3-2-4-9-23)12-15-25(33)35-18-19-6-5-7-22(16-19)27(28,29)30/h2-17H,18H2,1H3. The lowest BCUT2D eigenvalue weighted by atomic mass is 10.1. The van der Waals surface area contributed by atoms with Gasteiger partial charge >= 0.3 is 12.1 Å². The molecule has 0 saturated carbocycles. The molecule has 0 unspecified atom stereocenters. The topological polar surface area (TPSA) is 53.4 Å². The first-order chi connectivity index (χ1) is 16.8. The van der Waals surface area contributed by atoms with Gasteiger partial charge in [0.25, 0.3) is 0 Å². The van der Waals surface area contributed by atoms with Gasteiger partial charge in [0, 0.05) is 23.4 Å². The SMILES string of the molecule is COc1ccc(-c2nn(-c3ccccc3)cc2C=CC(=O)OCc2cccc(C(F)(F)F)c2)cc1.